The highest BCUT2D eigenvalue weighted by atomic mass is 19.1. The summed E-state index contributed by atoms with van der Waals surface area (Å²) in [5.74, 6) is -0.406. The molecule has 0 aliphatic rings. The number of carbonyl (C=O) groups is 1. The lowest BCUT2D eigenvalue weighted by Crippen LogP contribution is -2.33. The van der Waals surface area contributed by atoms with Crippen LogP contribution in [0, 0.1) is 25.5 Å². The topological polar surface area (TPSA) is 112 Å². The Hall–Kier alpha value is -4.31. The number of aromatic amines is 1. The number of halogens is 2. The minimum atomic E-state index is -0.840. The summed E-state index contributed by atoms with van der Waals surface area (Å²) in [4.78, 5) is 23.9. The average molecular weight is 479 g/mol. The van der Waals surface area contributed by atoms with Crippen molar-refractivity contribution in [3.63, 3.8) is 0 Å². The van der Waals surface area contributed by atoms with Crippen molar-refractivity contribution in [2.45, 2.75) is 19.9 Å². The second kappa shape index (κ2) is 10.3. The molecule has 0 bridgehead atoms. The molecule has 1 atom stereocenters. The molecule has 0 radical (unpaired) electrons. The van der Waals surface area contributed by atoms with Crippen LogP contribution in [0.3, 0.4) is 0 Å². The van der Waals surface area contributed by atoms with Gasteiger partial charge < -0.3 is 25.5 Å². The summed E-state index contributed by atoms with van der Waals surface area (Å²) in [7, 11) is 0. The van der Waals surface area contributed by atoms with E-state index in [9.17, 15) is 18.7 Å². The van der Waals surface area contributed by atoms with Crippen LogP contribution in [0.5, 0.6) is 5.88 Å². The Labute approximate surface area is 200 Å². The highest BCUT2D eigenvalue weighted by molar-refractivity contribution is 5.72. The van der Waals surface area contributed by atoms with Gasteiger partial charge in [0, 0.05) is 29.7 Å². The van der Waals surface area contributed by atoms with E-state index in [-0.39, 0.29) is 17.6 Å². The maximum atomic E-state index is 13.9. The first-order valence-corrected chi connectivity index (χ1v) is 10.7. The SMILES string of the molecule is Cc1ccc(C(CO)NC(=O)Oc2cc(-c3nc(Nc4cccc(F)c4)ncc3C)c[nH]2)cc1F. The average Bonchev–Trinajstić information content (AvgIpc) is 3.28. The minimum absolute atomic E-state index is 0.141. The second-order valence-corrected chi connectivity index (χ2v) is 7.89. The molecule has 35 heavy (non-hydrogen) atoms. The van der Waals surface area contributed by atoms with Crippen molar-refractivity contribution in [1.29, 1.82) is 0 Å². The number of amides is 1. The van der Waals surface area contributed by atoms with Gasteiger partial charge in [0.15, 0.2) is 0 Å². The van der Waals surface area contributed by atoms with E-state index >= 15 is 0 Å². The molecule has 0 aliphatic heterocycles. The molecule has 180 valence electrons. The lowest BCUT2D eigenvalue weighted by molar-refractivity contribution is 0.181. The first-order chi connectivity index (χ1) is 16.8. The number of benzene rings is 2. The molecule has 2 aromatic heterocycles. The number of nitrogens with one attached hydrogen (secondary N) is 3. The molecule has 0 saturated heterocycles. The Morgan fingerprint density at radius 1 is 1.14 bits per heavy atom. The summed E-state index contributed by atoms with van der Waals surface area (Å²) in [6.07, 6.45) is 2.41. The van der Waals surface area contributed by atoms with E-state index in [1.807, 2.05) is 6.92 Å². The van der Waals surface area contributed by atoms with E-state index < -0.39 is 24.6 Å². The monoisotopic (exact) mass is 479 g/mol. The number of aliphatic hydroxyl groups excluding tert-OH is 1. The van der Waals surface area contributed by atoms with Crippen molar-refractivity contribution < 1.29 is 23.4 Å². The lowest BCUT2D eigenvalue weighted by Gasteiger charge is -2.16. The van der Waals surface area contributed by atoms with Crippen molar-refractivity contribution in [3.8, 4) is 17.1 Å². The maximum absolute atomic E-state index is 13.9. The van der Waals surface area contributed by atoms with Crippen molar-refractivity contribution in [2.75, 3.05) is 11.9 Å². The standard InChI is InChI=1S/C25H23F2N5O3/c1-14-6-7-16(8-20(14)27)21(13-33)31-25(34)35-22-9-17(12-28-22)23-15(2)11-29-24(32-23)30-19-5-3-4-18(26)10-19/h3-12,21,28,33H,13H2,1-2H3,(H,31,34)(H,29,30,32). The summed E-state index contributed by atoms with van der Waals surface area (Å²) >= 11 is 0. The van der Waals surface area contributed by atoms with Gasteiger partial charge in [-0.2, -0.15) is 0 Å². The molecule has 10 heteroatoms. The molecule has 0 spiro atoms. The van der Waals surface area contributed by atoms with Crippen LogP contribution in [0.4, 0.5) is 25.2 Å². The van der Waals surface area contributed by atoms with Gasteiger partial charge in [0.25, 0.3) is 0 Å². The van der Waals surface area contributed by atoms with E-state index in [0.29, 0.717) is 28.1 Å². The van der Waals surface area contributed by atoms with Gasteiger partial charge in [-0.1, -0.05) is 18.2 Å². The summed E-state index contributed by atoms with van der Waals surface area (Å²) < 4.78 is 32.6. The third-order valence-corrected chi connectivity index (χ3v) is 5.26. The maximum Gasteiger partial charge on any atom is 0.414 e. The minimum Gasteiger partial charge on any atom is -0.394 e. The zero-order valence-corrected chi connectivity index (χ0v) is 19.0. The van der Waals surface area contributed by atoms with Crippen LogP contribution in [0.2, 0.25) is 0 Å². The van der Waals surface area contributed by atoms with Crippen LogP contribution in [0.1, 0.15) is 22.7 Å². The summed E-state index contributed by atoms with van der Waals surface area (Å²) in [6.45, 7) is 3.01. The first-order valence-electron chi connectivity index (χ1n) is 10.7. The second-order valence-electron chi connectivity index (χ2n) is 7.89. The first kappa shape index (κ1) is 23.8. The van der Waals surface area contributed by atoms with Gasteiger partial charge in [0.1, 0.15) is 11.6 Å². The molecule has 0 aliphatic carbocycles. The number of anilines is 2. The summed E-state index contributed by atoms with van der Waals surface area (Å²) in [6, 6.07) is 11.1. The molecule has 1 unspecified atom stereocenters. The third-order valence-electron chi connectivity index (χ3n) is 5.26. The quantitative estimate of drug-likeness (QED) is 0.299. The summed E-state index contributed by atoms with van der Waals surface area (Å²) in [5.41, 5.74) is 3.35. The molecule has 0 saturated carbocycles. The number of ether oxygens (including phenoxy) is 1. The predicted molar refractivity (Wildman–Crippen MR) is 126 cm³/mol. The van der Waals surface area contributed by atoms with Gasteiger partial charge in [0.05, 0.1) is 18.3 Å². The van der Waals surface area contributed by atoms with Gasteiger partial charge in [-0.15, -0.1) is 0 Å². The molecule has 4 aromatic rings. The highest BCUT2D eigenvalue weighted by Crippen LogP contribution is 2.26. The number of hydrogen-bond acceptors (Lipinski definition) is 6. The number of nitrogens with zero attached hydrogens (tertiary/aromatic N) is 2. The predicted octanol–water partition coefficient (Wildman–Crippen LogP) is 4.93. The number of aliphatic hydroxyl groups is 1. The van der Waals surface area contributed by atoms with Gasteiger partial charge >= 0.3 is 6.09 Å². The van der Waals surface area contributed by atoms with Crippen LogP contribution < -0.4 is 15.4 Å². The fourth-order valence-electron chi connectivity index (χ4n) is 3.39. The zero-order valence-electron chi connectivity index (χ0n) is 19.0. The largest absolute Gasteiger partial charge is 0.414 e. The van der Waals surface area contributed by atoms with Crippen LogP contribution in [-0.2, 0) is 0 Å². The zero-order chi connectivity index (χ0) is 24.9. The van der Waals surface area contributed by atoms with Gasteiger partial charge in [-0.3, -0.25) is 0 Å². The number of hydrogen-bond donors (Lipinski definition) is 4. The molecule has 4 rings (SSSR count). The molecule has 8 nitrogen and oxygen atoms in total. The van der Waals surface area contributed by atoms with E-state index in [1.165, 1.54) is 18.2 Å². The number of carbonyl (C=O) groups excluding carboxylic acids is 1. The van der Waals surface area contributed by atoms with Crippen molar-refractivity contribution in [1.82, 2.24) is 20.3 Å². The van der Waals surface area contributed by atoms with Crippen molar-refractivity contribution in [2.24, 2.45) is 0 Å². The van der Waals surface area contributed by atoms with Crippen LogP contribution in [0.25, 0.3) is 11.3 Å². The molecular weight excluding hydrogens is 456 g/mol. The van der Waals surface area contributed by atoms with Crippen LogP contribution in [0.15, 0.2) is 60.9 Å². The third kappa shape index (κ3) is 5.79. The Balaban J connectivity index is 1.45. The Morgan fingerprint density at radius 2 is 1.97 bits per heavy atom. The molecule has 2 aromatic carbocycles. The number of rotatable bonds is 7. The molecule has 1 amide bonds. The van der Waals surface area contributed by atoms with Gasteiger partial charge in [0.2, 0.25) is 11.8 Å². The van der Waals surface area contributed by atoms with Gasteiger partial charge in [-0.25, -0.2) is 23.5 Å². The Bertz CT molecular complexity index is 1360. The Morgan fingerprint density at radius 3 is 2.71 bits per heavy atom. The van der Waals surface area contributed by atoms with E-state index in [0.717, 1.165) is 5.56 Å². The van der Waals surface area contributed by atoms with Crippen LogP contribution >= 0.6 is 0 Å². The van der Waals surface area contributed by atoms with Crippen molar-refractivity contribution in [3.05, 3.63) is 89.2 Å². The molecule has 4 N–H and O–H groups in total. The van der Waals surface area contributed by atoms with Crippen LogP contribution in [-0.4, -0.2) is 32.8 Å². The van der Waals surface area contributed by atoms with Gasteiger partial charge in [-0.05, 0) is 54.8 Å². The van der Waals surface area contributed by atoms with Crippen molar-refractivity contribution >= 4 is 17.7 Å². The normalized spacial score (nSPS) is 11.7. The molecule has 0 fully saturated rings. The highest BCUT2D eigenvalue weighted by Gasteiger charge is 2.18. The van der Waals surface area contributed by atoms with E-state index in [1.54, 1.807) is 49.6 Å². The van der Waals surface area contributed by atoms with E-state index in [2.05, 4.69) is 25.6 Å². The fraction of sp³-hybridized carbons (Fsp3) is 0.160. The van der Waals surface area contributed by atoms with E-state index in [4.69, 9.17) is 4.74 Å². The molecule has 2 heterocycles. The number of H-pyrrole nitrogens is 1. The fourth-order valence-corrected chi connectivity index (χ4v) is 3.39. The number of aromatic nitrogens is 3. The molecular formula is C25H23F2N5O3. The summed E-state index contributed by atoms with van der Waals surface area (Å²) in [5, 5.41) is 15.1. The lowest BCUT2D eigenvalue weighted by atomic mass is 10.1. The Kier molecular flexibility index (Phi) is 7.02. The number of aryl methyl sites for hydroxylation is 2. The smallest absolute Gasteiger partial charge is 0.394 e.